The smallest absolute Gasteiger partial charge is 0.270 e. The number of carbonyl (C=O) groups excluding carboxylic acids is 2. The second-order valence-electron chi connectivity index (χ2n) is 8.81. The molecular weight excluding hydrogens is 364 g/mol. The van der Waals surface area contributed by atoms with Gasteiger partial charge in [-0.1, -0.05) is 17.7 Å². The van der Waals surface area contributed by atoms with E-state index in [1.807, 2.05) is 45.0 Å². The Kier molecular flexibility index (Phi) is 5.43. The molecule has 4 rings (SSSR count). The Morgan fingerprint density at radius 3 is 2.21 bits per heavy atom. The first-order valence-electron chi connectivity index (χ1n) is 10.7. The van der Waals surface area contributed by atoms with Crippen LogP contribution in [0.5, 0.6) is 0 Å². The highest BCUT2D eigenvalue weighted by atomic mass is 16.2. The zero-order chi connectivity index (χ0) is 20.5. The minimum Gasteiger partial charge on any atom is -0.339 e. The van der Waals surface area contributed by atoms with Gasteiger partial charge in [0.15, 0.2) is 0 Å². The number of nitrogens with one attached hydrogen (secondary N) is 2. The van der Waals surface area contributed by atoms with Gasteiger partial charge in [0.2, 0.25) is 5.91 Å². The first-order chi connectivity index (χ1) is 13.9. The number of aromatic nitrogens is 2. The van der Waals surface area contributed by atoms with Crippen molar-refractivity contribution in [1.29, 1.82) is 0 Å². The molecule has 1 heterocycles. The van der Waals surface area contributed by atoms with Crippen LogP contribution in [0.2, 0.25) is 0 Å². The van der Waals surface area contributed by atoms with E-state index in [-0.39, 0.29) is 23.8 Å². The number of amides is 2. The van der Waals surface area contributed by atoms with E-state index in [0.717, 1.165) is 36.9 Å². The number of carbonyl (C=O) groups is 2. The Hall–Kier alpha value is -2.63. The highest BCUT2D eigenvalue weighted by molar-refractivity contribution is 6.00. The lowest BCUT2D eigenvalue weighted by atomic mass is 9.88. The molecule has 2 amide bonds. The number of hydrogen-bond acceptors (Lipinski definition) is 3. The summed E-state index contributed by atoms with van der Waals surface area (Å²) in [6, 6.07) is 9.03. The van der Waals surface area contributed by atoms with Crippen molar-refractivity contribution in [2.24, 2.45) is 17.8 Å². The van der Waals surface area contributed by atoms with Gasteiger partial charge < -0.3 is 10.6 Å². The summed E-state index contributed by atoms with van der Waals surface area (Å²) in [5.74, 6) is 0.922. The summed E-state index contributed by atoms with van der Waals surface area (Å²) in [6.07, 6.45) is 6.23. The summed E-state index contributed by atoms with van der Waals surface area (Å²) in [5.41, 5.74) is 2.40. The molecule has 2 N–H and O–H groups in total. The van der Waals surface area contributed by atoms with E-state index in [0.29, 0.717) is 17.5 Å². The molecule has 0 aliphatic heterocycles. The predicted molar refractivity (Wildman–Crippen MR) is 113 cm³/mol. The summed E-state index contributed by atoms with van der Waals surface area (Å²) in [5, 5.41) is 10.4. The summed E-state index contributed by atoms with van der Waals surface area (Å²) in [4.78, 5) is 26.4. The van der Waals surface area contributed by atoms with E-state index in [4.69, 9.17) is 0 Å². The number of rotatable bonds is 8. The fourth-order valence-corrected chi connectivity index (χ4v) is 4.21. The third-order valence-electron chi connectivity index (χ3n) is 6.00. The van der Waals surface area contributed by atoms with Crippen LogP contribution in [0.15, 0.2) is 36.5 Å². The molecule has 2 fully saturated rings. The van der Waals surface area contributed by atoms with Gasteiger partial charge in [0.1, 0.15) is 11.7 Å². The lowest BCUT2D eigenvalue weighted by molar-refractivity contribution is -0.119. The molecule has 2 aliphatic rings. The Labute approximate surface area is 172 Å². The molecule has 1 aromatic heterocycles. The number of anilines is 1. The van der Waals surface area contributed by atoms with Crippen molar-refractivity contribution in [1.82, 2.24) is 15.1 Å². The average Bonchev–Trinajstić information content (AvgIpc) is 3.62. The van der Waals surface area contributed by atoms with E-state index < -0.39 is 6.04 Å². The van der Waals surface area contributed by atoms with Crippen molar-refractivity contribution >= 4 is 17.5 Å². The van der Waals surface area contributed by atoms with Gasteiger partial charge in [0.05, 0.1) is 0 Å². The molecule has 2 aromatic rings. The highest BCUT2D eigenvalue weighted by Gasteiger charge is 2.48. The molecule has 0 spiro atoms. The fourth-order valence-electron chi connectivity index (χ4n) is 4.21. The van der Waals surface area contributed by atoms with Crippen LogP contribution in [0.3, 0.4) is 0 Å². The van der Waals surface area contributed by atoms with Gasteiger partial charge in [0, 0.05) is 17.9 Å². The molecular formula is C23H30N4O2. The minimum absolute atomic E-state index is 0.0771. The van der Waals surface area contributed by atoms with Crippen LogP contribution in [0.4, 0.5) is 5.69 Å². The maximum Gasteiger partial charge on any atom is 0.270 e. The molecule has 154 valence electrons. The molecule has 0 bridgehead atoms. The van der Waals surface area contributed by atoms with Gasteiger partial charge in [-0.05, 0) is 82.4 Å². The van der Waals surface area contributed by atoms with Crippen molar-refractivity contribution in [3.63, 3.8) is 0 Å². The summed E-state index contributed by atoms with van der Waals surface area (Å²) >= 11 is 0. The predicted octanol–water partition coefficient (Wildman–Crippen LogP) is 3.95. The Bertz CT molecular complexity index is 867. The minimum atomic E-state index is -0.528. The van der Waals surface area contributed by atoms with Gasteiger partial charge in [-0.25, -0.2) is 0 Å². The first kappa shape index (κ1) is 19.7. The van der Waals surface area contributed by atoms with Crippen LogP contribution in [0.1, 0.15) is 61.6 Å². The molecule has 1 aromatic carbocycles. The molecule has 2 saturated carbocycles. The summed E-state index contributed by atoms with van der Waals surface area (Å²) in [7, 11) is 0. The highest BCUT2D eigenvalue weighted by Crippen LogP contribution is 2.50. The normalized spacial score (nSPS) is 17.4. The van der Waals surface area contributed by atoms with Crippen molar-refractivity contribution in [2.45, 2.75) is 58.5 Å². The molecule has 6 nitrogen and oxygen atoms in total. The van der Waals surface area contributed by atoms with E-state index in [9.17, 15) is 9.59 Å². The van der Waals surface area contributed by atoms with Crippen molar-refractivity contribution in [3.05, 3.63) is 47.8 Å². The SMILES string of the molecule is Cc1ccc(NC(=O)C(NC(=O)c2ccnn2C(C)C)C(C2CC2)C2CC2)cc1. The van der Waals surface area contributed by atoms with E-state index in [2.05, 4.69) is 15.7 Å². The average molecular weight is 395 g/mol. The molecule has 1 unspecified atom stereocenters. The topological polar surface area (TPSA) is 76.0 Å². The summed E-state index contributed by atoms with van der Waals surface area (Å²) < 4.78 is 1.70. The Balaban J connectivity index is 1.56. The third-order valence-corrected chi connectivity index (χ3v) is 6.00. The molecule has 2 aliphatic carbocycles. The van der Waals surface area contributed by atoms with Crippen LogP contribution in [0.25, 0.3) is 0 Å². The van der Waals surface area contributed by atoms with Crippen LogP contribution in [-0.2, 0) is 4.79 Å². The maximum absolute atomic E-state index is 13.3. The van der Waals surface area contributed by atoms with Gasteiger partial charge in [0.25, 0.3) is 5.91 Å². The van der Waals surface area contributed by atoms with Gasteiger partial charge >= 0.3 is 0 Å². The second-order valence-corrected chi connectivity index (χ2v) is 8.81. The van der Waals surface area contributed by atoms with Crippen LogP contribution < -0.4 is 10.6 Å². The molecule has 0 radical (unpaired) electrons. The first-order valence-corrected chi connectivity index (χ1v) is 10.7. The summed E-state index contributed by atoms with van der Waals surface area (Å²) in [6.45, 7) is 5.99. The largest absolute Gasteiger partial charge is 0.339 e. The van der Waals surface area contributed by atoms with Crippen molar-refractivity contribution in [2.75, 3.05) is 5.32 Å². The van der Waals surface area contributed by atoms with E-state index in [1.165, 1.54) is 0 Å². The van der Waals surface area contributed by atoms with Gasteiger partial charge in [-0.15, -0.1) is 0 Å². The van der Waals surface area contributed by atoms with E-state index in [1.54, 1.807) is 16.9 Å². The maximum atomic E-state index is 13.3. The molecule has 29 heavy (non-hydrogen) atoms. The van der Waals surface area contributed by atoms with Crippen molar-refractivity contribution in [3.8, 4) is 0 Å². The number of hydrogen-bond donors (Lipinski definition) is 2. The lowest BCUT2D eigenvalue weighted by Crippen LogP contribution is -2.50. The number of nitrogens with zero attached hydrogens (tertiary/aromatic N) is 2. The standard InChI is InChI=1S/C23H30N4O2/c1-14(2)27-19(12-13-24-27)22(28)26-21(20(16-6-7-16)17-8-9-17)23(29)25-18-10-4-15(3)5-11-18/h4-5,10-14,16-17,20-21H,6-9H2,1-3H3,(H,25,29)(H,26,28). The van der Waals surface area contributed by atoms with Crippen LogP contribution in [0, 0.1) is 24.7 Å². The molecule has 0 saturated heterocycles. The molecule has 6 heteroatoms. The Morgan fingerprint density at radius 2 is 1.66 bits per heavy atom. The number of benzene rings is 1. The van der Waals surface area contributed by atoms with Crippen molar-refractivity contribution < 1.29 is 9.59 Å². The number of aryl methyl sites for hydroxylation is 1. The second kappa shape index (κ2) is 8.01. The third kappa shape index (κ3) is 4.52. The van der Waals surface area contributed by atoms with Gasteiger partial charge in [-0.2, -0.15) is 5.10 Å². The molecule has 1 atom stereocenters. The quantitative estimate of drug-likeness (QED) is 0.712. The zero-order valence-electron chi connectivity index (χ0n) is 17.4. The zero-order valence-corrected chi connectivity index (χ0v) is 17.4. The van der Waals surface area contributed by atoms with Crippen LogP contribution in [-0.4, -0.2) is 27.6 Å². The fraction of sp³-hybridized carbons (Fsp3) is 0.522. The van der Waals surface area contributed by atoms with E-state index >= 15 is 0 Å². The Morgan fingerprint density at radius 1 is 1.03 bits per heavy atom. The lowest BCUT2D eigenvalue weighted by Gasteiger charge is -2.27. The van der Waals surface area contributed by atoms with Crippen LogP contribution >= 0.6 is 0 Å². The monoisotopic (exact) mass is 394 g/mol. The van der Waals surface area contributed by atoms with Gasteiger partial charge in [-0.3, -0.25) is 14.3 Å².